The molecule has 2 aliphatic rings. The van der Waals surface area contributed by atoms with Crippen LogP contribution in [0.3, 0.4) is 0 Å². The second-order valence-corrected chi connectivity index (χ2v) is 8.02. The molecule has 0 amide bonds. The van der Waals surface area contributed by atoms with Crippen molar-refractivity contribution in [3.63, 3.8) is 0 Å². The van der Waals surface area contributed by atoms with E-state index in [0.717, 1.165) is 47.3 Å². The largest absolute Gasteiger partial charge is 0.425 e. The molecule has 4 heteroatoms. The van der Waals surface area contributed by atoms with Crippen molar-refractivity contribution in [2.45, 2.75) is 64.0 Å². The van der Waals surface area contributed by atoms with E-state index in [1.807, 2.05) is 0 Å². The number of hydrogen-bond donors (Lipinski definition) is 0. The number of hydrogen-bond acceptors (Lipinski definition) is 1. The van der Waals surface area contributed by atoms with Crippen LogP contribution in [0.2, 0.25) is 0 Å². The molecule has 22 heavy (non-hydrogen) atoms. The number of rotatable bonds is 2. The van der Waals surface area contributed by atoms with Gasteiger partial charge in [0.05, 0.1) is 0 Å². The summed E-state index contributed by atoms with van der Waals surface area (Å²) in [6, 6.07) is 2.92. The van der Waals surface area contributed by atoms with Crippen LogP contribution in [0.1, 0.15) is 67.5 Å². The van der Waals surface area contributed by atoms with Crippen LogP contribution < -0.4 is 0 Å². The molecule has 1 aromatic heterocycles. The fourth-order valence-corrected chi connectivity index (χ4v) is 4.86. The predicted octanol–water partition coefficient (Wildman–Crippen LogP) is 6.79. The minimum Gasteiger partial charge on any atom is -0.165 e. The van der Waals surface area contributed by atoms with E-state index in [-0.39, 0.29) is 5.92 Å². The van der Waals surface area contributed by atoms with Gasteiger partial charge in [-0.25, -0.2) is 0 Å². The Morgan fingerprint density at radius 2 is 1.73 bits per heavy atom. The van der Waals surface area contributed by atoms with Gasteiger partial charge in [-0.15, -0.1) is 11.3 Å². The van der Waals surface area contributed by atoms with Gasteiger partial charge in [-0.05, 0) is 62.0 Å². The molecule has 1 heterocycles. The lowest BCUT2D eigenvalue weighted by Crippen LogP contribution is -2.16. The van der Waals surface area contributed by atoms with Gasteiger partial charge in [-0.2, -0.15) is 13.2 Å². The lowest BCUT2D eigenvalue weighted by molar-refractivity contribution is -0.134. The van der Waals surface area contributed by atoms with Gasteiger partial charge >= 0.3 is 6.18 Å². The van der Waals surface area contributed by atoms with Crippen molar-refractivity contribution in [1.29, 1.82) is 0 Å². The van der Waals surface area contributed by atoms with Crippen molar-refractivity contribution >= 4 is 11.3 Å². The third-order valence-corrected chi connectivity index (χ3v) is 6.59. The highest BCUT2D eigenvalue weighted by molar-refractivity contribution is 7.12. The van der Waals surface area contributed by atoms with Gasteiger partial charge in [0.1, 0.15) is 4.88 Å². The molecule has 1 unspecified atom stereocenters. The van der Waals surface area contributed by atoms with Crippen LogP contribution in [0.15, 0.2) is 23.8 Å². The summed E-state index contributed by atoms with van der Waals surface area (Å²) in [7, 11) is 0. The summed E-state index contributed by atoms with van der Waals surface area (Å²) in [5, 5.41) is 0. The van der Waals surface area contributed by atoms with Gasteiger partial charge in [-0.3, -0.25) is 0 Å². The maximum Gasteiger partial charge on any atom is 0.425 e. The average molecular weight is 328 g/mol. The maximum absolute atomic E-state index is 12.7. The molecular weight excluding hydrogens is 305 g/mol. The topological polar surface area (TPSA) is 0 Å². The zero-order chi connectivity index (χ0) is 15.7. The van der Waals surface area contributed by atoms with E-state index in [2.05, 4.69) is 13.0 Å². The van der Waals surface area contributed by atoms with E-state index in [0.29, 0.717) is 0 Å². The van der Waals surface area contributed by atoms with E-state index in [1.165, 1.54) is 31.7 Å². The lowest BCUT2D eigenvalue weighted by Gasteiger charge is -2.31. The van der Waals surface area contributed by atoms with Gasteiger partial charge in [0.25, 0.3) is 0 Å². The van der Waals surface area contributed by atoms with Gasteiger partial charge in [-0.1, -0.05) is 31.4 Å². The van der Waals surface area contributed by atoms with Crippen LogP contribution >= 0.6 is 11.3 Å². The summed E-state index contributed by atoms with van der Waals surface area (Å²) in [6.45, 7) is 2.33. The van der Waals surface area contributed by atoms with Crippen molar-refractivity contribution < 1.29 is 13.2 Å². The highest BCUT2D eigenvalue weighted by Crippen LogP contribution is 2.43. The standard InChI is InChI=1S/C18H23F3S/c1-12-2-4-13(5-3-12)14-6-8-15(9-7-14)16-10-11-17(22-16)18(19,20)21/h6,10-13,15H,2-5,7-9H2,1H3. The fourth-order valence-electron chi connectivity index (χ4n) is 3.84. The van der Waals surface area contributed by atoms with Crippen LogP contribution in [0, 0.1) is 11.8 Å². The molecule has 0 spiro atoms. The number of halogens is 3. The molecule has 0 saturated heterocycles. The fraction of sp³-hybridized carbons (Fsp3) is 0.667. The molecule has 0 aliphatic heterocycles. The zero-order valence-electron chi connectivity index (χ0n) is 13.0. The maximum atomic E-state index is 12.7. The van der Waals surface area contributed by atoms with E-state index < -0.39 is 11.1 Å². The molecule has 122 valence electrons. The predicted molar refractivity (Wildman–Crippen MR) is 85.1 cm³/mol. The second-order valence-electron chi connectivity index (χ2n) is 6.91. The molecular formula is C18H23F3S. The molecule has 0 aromatic carbocycles. The number of thiophene rings is 1. The number of alkyl halides is 3. The Morgan fingerprint density at radius 1 is 1.00 bits per heavy atom. The van der Waals surface area contributed by atoms with Crippen LogP contribution in [-0.2, 0) is 6.18 Å². The SMILES string of the molecule is CC1CCC(C2=CCC(c3ccc(C(F)(F)F)s3)CC2)CC1. The van der Waals surface area contributed by atoms with Crippen molar-refractivity contribution in [2.75, 3.05) is 0 Å². The third-order valence-electron chi connectivity index (χ3n) is 5.29. The smallest absolute Gasteiger partial charge is 0.165 e. The van der Waals surface area contributed by atoms with Crippen LogP contribution in [0.5, 0.6) is 0 Å². The first kappa shape index (κ1) is 16.1. The minimum atomic E-state index is -4.20. The lowest BCUT2D eigenvalue weighted by atomic mass is 9.75. The van der Waals surface area contributed by atoms with Crippen LogP contribution in [-0.4, -0.2) is 0 Å². The van der Waals surface area contributed by atoms with Gasteiger partial charge in [0.2, 0.25) is 0 Å². The Hall–Kier alpha value is -0.770. The summed E-state index contributed by atoms with van der Waals surface area (Å²) in [4.78, 5) is 0.443. The van der Waals surface area contributed by atoms with Gasteiger partial charge in [0, 0.05) is 4.88 Å². The van der Waals surface area contributed by atoms with E-state index >= 15 is 0 Å². The third kappa shape index (κ3) is 3.58. The van der Waals surface area contributed by atoms with E-state index in [9.17, 15) is 13.2 Å². The minimum absolute atomic E-state index is 0.285. The molecule has 1 atom stereocenters. The van der Waals surface area contributed by atoms with Crippen molar-refractivity contribution in [2.24, 2.45) is 11.8 Å². The first-order valence-corrected chi connectivity index (χ1v) is 9.11. The number of allylic oxidation sites excluding steroid dienone is 2. The van der Waals surface area contributed by atoms with Gasteiger partial charge in [0.15, 0.2) is 0 Å². The Kier molecular flexibility index (Phi) is 4.67. The van der Waals surface area contributed by atoms with Crippen molar-refractivity contribution in [3.8, 4) is 0 Å². The molecule has 1 saturated carbocycles. The molecule has 0 bridgehead atoms. The highest BCUT2D eigenvalue weighted by atomic mass is 32.1. The normalized spacial score (nSPS) is 30.2. The summed E-state index contributed by atoms with van der Waals surface area (Å²) in [6.07, 6.45) is 6.39. The summed E-state index contributed by atoms with van der Waals surface area (Å²) in [5.74, 6) is 1.89. The average Bonchev–Trinajstić information content (AvgIpc) is 2.98. The van der Waals surface area contributed by atoms with E-state index in [4.69, 9.17) is 0 Å². The van der Waals surface area contributed by atoms with Crippen LogP contribution in [0.4, 0.5) is 13.2 Å². The molecule has 1 fully saturated rings. The quantitative estimate of drug-likeness (QED) is 0.524. The Balaban J connectivity index is 1.62. The molecule has 0 nitrogen and oxygen atoms in total. The first-order valence-electron chi connectivity index (χ1n) is 8.29. The summed E-state index contributed by atoms with van der Waals surface area (Å²) in [5.41, 5.74) is 1.58. The molecule has 0 N–H and O–H groups in total. The molecule has 0 radical (unpaired) electrons. The van der Waals surface area contributed by atoms with E-state index in [1.54, 1.807) is 11.6 Å². The van der Waals surface area contributed by atoms with Crippen molar-refractivity contribution in [3.05, 3.63) is 33.5 Å². The summed E-state index contributed by atoms with van der Waals surface area (Å²) < 4.78 is 38.1. The highest BCUT2D eigenvalue weighted by Gasteiger charge is 2.33. The second kappa shape index (κ2) is 6.38. The molecule has 3 rings (SSSR count). The Morgan fingerprint density at radius 3 is 2.27 bits per heavy atom. The van der Waals surface area contributed by atoms with Crippen LogP contribution in [0.25, 0.3) is 0 Å². The zero-order valence-corrected chi connectivity index (χ0v) is 13.8. The monoisotopic (exact) mass is 328 g/mol. The Labute approximate surface area is 134 Å². The van der Waals surface area contributed by atoms with Gasteiger partial charge < -0.3 is 0 Å². The van der Waals surface area contributed by atoms with Crippen molar-refractivity contribution in [1.82, 2.24) is 0 Å². The summed E-state index contributed by atoms with van der Waals surface area (Å²) >= 11 is 0.929. The molecule has 2 aliphatic carbocycles. The molecule has 1 aromatic rings. The Bertz CT molecular complexity index is 533. The first-order chi connectivity index (χ1) is 10.4.